The molecular weight excluding hydrogens is 250 g/mol. The number of aromatic nitrogens is 3. The lowest BCUT2D eigenvalue weighted by Gasteiger charge is -2.07. The van der Waals surface area contributed by atoms with Crippen LogP contribution in [0.1, 0.15) is 25.6 Å². The molecule has 0 aliphatic carbocycles. The fourth-order valence-electron chi connectivity index (χ4n) is 2.13. The maximum Gasteiger partial charge on any atom is 0.251 e. The molecule has 0 unspecified atom stereocenters. The van der Waals surface area contributed by atoms with Crippen molar-refractivity contribution < 1.29 is 0 Å². The van der Waals surface area contributed by atoms with Gasteiger partial charge in [0.1, 0.15) is 5.82 Å². The summed E-state index contributed by atoms with van der Waals surface area (Å²) >= 11 is 0. The first-order valence-corrected chi connectivity index (χ1v) is 6.60. The summed E-state index contributed by atoms with van der Waals surface area (Å²) in [4.78, 5) is 23.3. The van der Waals surface area contributed by atoms with E-state index in [9.17, 15) is 4.79 Å². The fourth-order valence-corrected chi connectivity index (χ4v) is 2.13. The van der Waals surface area contributed by atoms with E-state index in [-0.39, 0.29) is 11.5 Å². The minimum absolute atomic E-state index is 0.120. The highest BCUT2D eigenvalue weighted by Gasteiger charge is 2.07. The number of nitrogens with one attached hydrogen (secondary N) is 1. The zero-order valence-electron chi connectivity index (χ0n) is 11.4. The molecule has 0 bridgehead atoms. The standard InChI is InChI=1S/C16H15N3O/c1-10(2)16-18-14(9-15(20)19-16)12-5-6-13-11(8-12)4-3-7-17-13/h3-10H,1-2H3,(H,18,19,20). The third-order valence-corrected chi connectivity index (χ3v) is 3.21. The largest absolute Gasteiger partial charge is 0.310 e. The molecular formula is C16H15N3O. The molecule has 0 atom stereocenters. The second-order valence-corrected chi connectivity index (χ2v) is 5.08. The number of pyridine rings is 1. The molecule has 4 nitrogen and oxygen atoms in total. The van der Waals surface area contributed by atoms with E-state index in [1.54, 1.807) is 6.20 Å². The lowest BCUT2D eigenvalue weighted by Crippen LogP contribution is -2.12. The van der Waals surface area contributed by atoms with E-state index >= 15 is 0 Å². The predicted octanol–water partition coefficient (Wildman–Crippen LogP) is 3.11. The van der Waals surface area contributed by atoms with Crippen molar-refractivity contribution in [1.29, 1.82) is 0 Å². The maximum absolute atomic E-state index is 11.7. The van der Waals surface area contributed by atoms with Crippen LogP contribution in [-0.4, -0.2) is 15.0 Å². The molecule has 0 saturated carbocycles. The van der Waals surface area contributed by atoms with Crippen LogP contribution in [0.15, 0.2) is 47.4 Å². The monoisotopic (exact) mass is 265 g/mol. The molecule has 0 amide bonds. The van der Waals surface area contributed by atoms with Crippen LogP contribution in [0.2, 0.25) is 0 Å². The number of fused-ring (bicyclic) bond motifs is 1. The third-order valence-electron chi connectivity index (χ3n) is 3.21. The Kier molecular flexibility index (Phi) is 3.06. The summed E-state index contributed by atoms with van der Waals surface area (Å²) in [7, 11) is 0. The number of hydrogen-bond acceptors (Lipinski definition) is 3. The van der Waals surface area contributed by atoms with Gasteiger partial charge in [-0.25, -0.2) is 4.98 Å². The normalized spacial score (nSPS) is 11.2. The molecule has 100 valence electrons. The molecule has 0 aliphatic heterocycles. The summed E-state index contributed by atoms with van der Waals surface area (Å²) in [5.74, 6) is 0.892. The molecule has 1 aromatic carbocycles. The molecule has 0 radical (unpaired) electrons. The minimum atomic E-state index is -0.120. The molecule has 0 spiro atoms. The van der Waals surface area contributed by atoms with Crippen molar-refractivity contribution in [3.63, 3.8) is 0 Å². The van der Waals surface area contributed by atoms with Gasteiger partial charge in [-0.1, -0.05) is 26.0 Å². The van der Waals surface area contributed by atoms with Gasteiger partial charge in [0.05, 0.1) is 11.2 Å². The Balaban J connectivity index is 2.17. The Labute approximate surface area is 116 Å². The van der Waals surface area contributed by atoms with Gasteiger partial charge in [0.2, 0.25) is 0 Å². The van der Waals surface area contributed by atoms with E-state index in [0.29, 0.717) is 11.5 Å². The van der Waals surface area contributed by atoms with Gasteiger partial charge in [0, 0.05) is 29.1 Å². The van der Waals surface area contributed by atoms with Gasteiger partial charge >= 0.3 is 0 Å². The van der Waals surface area contributed by atoms with Gasteiger partial charge in [0.15, 0.2) is 0 Å². The van der Waals surface area contributed by atoms with Crippen LogP contribution in [0.3, 0.4) is 0 Å². The average molecular weight is 265 g/mol. The van der Waals surface area contributed by atoms with Crippen LogP contribution >= 0.6 is 0 Å². The summed E-state index contributed by atoms with van der Waals surface area (Å²) in [5, 5.41) is 1.04. The first kappa shape index (κ1) is 12.5. The Bertz CT molecular complexity index is 821. The van der Waals surface area contributed by atoms with Crippen LogP contribution < -0.4 is 5.56 Å². The zero-order chi connectivity index (χ0) is 14.1. The summed E-state index contributed by atoms with van der Waals surface area (Å²) in [6.07, 6.45) is 1.77. The highest BCUT2D eigenvalue weighted by molar-refractivity contribution is 5.83. The maximum atomic E-state index is 11.7. The lowest BCUT2D eigenvalue weighted by molar-refractivity contribution is 0.768. The minimum Gasteiger partial charge on any atom is -0.310 e. The Hall–Kier alpha value is -2.49. The van der Waals surface area contributed by atoms with E-state index in [0.717, 1.165) is 16.5 Å². The third kappa shape index (κ3) is 2.32. The molecule has 0 aliphatic rings. The molecule has 0 saturated heterocycles. The predicted molar refractivity (Wildman–Crippen MR) is 79.7 cm³/mol. The number of benzene rings is 1. The molecule has 3 rings (SSSR count). The van der Waals surface area contributed by atoms with Crippen molar-refractivity contribution in [2.45, 2.75) is 19.8 Å². The van der Waals surface area contributed by atoms with Crippen LogP contribution in [0.4, 0.5) is 0 Å². The van der Waals surface area contributed by atoms with Gasteiger partial charge in [-0.3, -0.25) is 9.78 Å². The first-order valence-electron chi connectivity index (χ1n) is 6.60. The fraction of sp³-hybridized carbons (Fsp3) is 0.188. The van der Waals surface area contributed by atoms with Gasteiger partial charge in [-0.2, -0.15) is 0 Å². The summed E-state index contributed by atoms with van der Waals surface area (Å²) < 4.78 is 0. The smallest absolute Gasteiger partial charge is 0.251 e. The molecule has 3 aromatic rings. The zero-order valence-corrected chi connectivity index (χ0v) is 11.4. The van der Waals surface area contributed by atoms with Crippen molar-refractivity contribution in [3.8, 4) is 11.3 Å². The van der Waals surface area contributed by atoms with Crippen molar-refractivity contribution in [3.05, 3.63) is 58.8 Å². The second kappa shape index (κ2) is 4.89. The summed E-state index contributed by atoms with van der Waals surface area (Å²) in [6.45, 7) is 4.01. The van der Waals surface area contributed by atoms with Crippen molar-refractivity contribution >= 4 is 10.9 Å². The quantitative estimate of drug-likeness (QED) is 0.774. The second-order valence-electron chi connectivity index (χ2n) is 5.08. The van der Waals surface area contributed by atoms with Gasteiger partial charge in [0.25, 0.3) is 5.56 Å². The summed E-state index contributed by atoms with van der Waals surface area (Å²) in [5.41, 5.74) is 2.44. The molecule has 2 heterocycles. The lowest BCUT2D eigenvalue weighted by atomic mass is 10.1. The van der Waals surface area contributed by atoms with Crippen LogP contribution in [-0.2, 0) is 0 Å². The SMILES string of the molecule is CC(C)c1nc(-c2ccc3ncccc3c2)cc(=O)[nH]1. The first-order chi connectivity index (χ1) is 9.63. The van der Waals surface area contributed by atoms with Gasteiger partial charge in [-0.15, -0.1) is 0 Å². The van der Waals surface area contributed by atoms with Gasteiger partial charge in [-0.05, 0) is 18.2 Å². The van der Waals surface area contributed by atoms with E-state index in [4.69, 9.17) is 0 Å². The topological polar surface area (TPSA) is 58.6 Å². The van der Waals surface area contributed by atoms with E-state index in [1.165, 1.54) is 6.07 Å². The van der Waals surface area contributed by atoms with Crippen LogP contribution in [0.25, 0.3) is 22.2 Å². The van der Waals surface area contributed by atoms with Crippen LogP contribution in [0, 0.1) is 0 Å². The van der Waals surface area contributed by atoms with E-state index in [2.05, 4.69) is 15.0 Å². The van der Waals surface area contributed by atoms with Crippen molar-refractivity contribution in [1.82, 2.24) is 15.0 Å². The molecule has 2 aromatic heterocycles. The number of hydrogen-bond donors (Lipinski definition) is 1. The molecule has 4 heteroatoms. The number of H-pyrrole nitrogens is 1. The molecule has 1 N–H and O–H groups in total. The number of aromatic amines is 1. The molecule has 0 fully saturated rings. The average Bonchev–Trinajstić information content (AvgIpc) is 2.46. The molecule has 20 heavy (non-hydrogen) atoms. The van der Waals surface area contributed by atoms with Crippen molar-refractivity contribution in [2.24, 2.45) is 0 Å². The number of rotatable bonds is 2. The van der Waals surface area contributed by atoms with Crippen molar-refractivity contribution in [2.75, 3.05) is 0 Å². The summed E-state index contributed by atoms with van der Waals surface area (Å²) in [6, 6.07) is 11.3. The highest BCUT2D eigenvalue weighted by atomic mass is 16.1. The van der Waals surface area contributed by atoms with E-state index < -0.39 is 0 Å². The number of nitrogens with zero attached hydrogens (tertiary/aromatic N) is 2. The highest BCUT2D eigenvalue weighted by Crippen LogP contribution is 2.22. The van der Waals surface area contributed by atoms with Crippen LogP contribution in [0.5, 0.6) is 0 Å². The van der Waals surface area contributed by atoms with E-state index in [1.807, 2.05) is 44.2 Å². The van der Waals surface area contributed by atoms with Gasteiger partial charge < -0.3 is 4.98 Å². The Morgan fingerprint density at radius 2 is 2.00 bits per heavy atom. The Morgan fingerprint density at radius 1 is 1.15 bits per heavy atom. The Morgan fingerprint density at radius 3 is 2.80 bits per heavy atom.